The van der Waals surface area contributed by atoms with Gasteiger partial charge in [0.25, 0.3) is 11.8 Å². The summed E-state index contributed by atoms with van der Waals surface area (Å²) in [7, 11) is 4.31. The summed E-state index contributed by atoms with van der Waals surface area (Å²) >= 11 is 0. The van der Waals surface area contributed by atoms with Crippen molar-refractivity contribution in [1.29, 1.82) is 0 Å². The summed E-state index contributed by atoms with van der Waals surface area (Å²) in [4.78, 5) is 25.9. The van der Waals surface area contributed by atoms with E-state index in [0.717, 1.165) is 4.68 Å². The van der Waals surface area contributed by atoms with Gasteiger partial charge >= 0.3 is 6.18 Å². The van der Waals surface area contributed by atoms with Gasteiger partial charge in [-0.25, -0.2) is 0 Å². The SMILES string of the molecule is CCn1ncc(NC(=O)c2cc(C(F)(F)F)nn2C)c1C(=O)N(C)C. The van der Waals surface area contributed by atoms with E-state index in [4.69, 9.17) is 0 Å². The van der Waals surface area contributed by atoms with Gasteiger partial charge in [0.2, 0.25) is 0 Å². The number of anilines is 1. The Morgan fingerprint density at radius 1 is 1.32 bits per heavy atom. The summed E-state index contributed by atoms with van der Waals surface area (Å²) in [5.74, 6) is -1.22. The van der Waals surface area contributed by atoms with Crippen LogP contribution < -0.4 is 5.32 Å². The van der Waals surface area contributed by atoms with Crippen molar-refractivity contribution in [2.24, 2.45) is 7.05 Å². The van der Waals surface area contributed by atoms with E-state index in [1.807, 2.05) is 0 Å². The monoisotopic (exact) mass is 358 g/mol. The molecule has 136 valence electrons. The van der Waals surface area contributed by atoms with E-state index in [2.05, 4.69) is 15.5 Å². The van der Waals surface area contributed by atoms with Crippen LogP contribution >= 0.6 is 0 Å². The molecule has 8 nitrogen and oxygen atoms in total. The second kappa shape index (κ2) is 6.57. The van der Waals surface area contributed by atoms with Crippen LogP contribution in [0, 0.1) is 0 Å². The maximum Gasteiger partial charge on any atom is 0.435 e. The van der Waals surface area contributed by atoms with Crippen molar-refractivity contribution in [1.82, 2.24) is 24.5 Å². The Kier molecular flexibility index (Phi) is 4.86. The van der Waals surface area contributed by atoms with Gasteiger partial charge in [-0.05, 0) is 6.92 Å². The fourth-order valence-corrected chi connectivity index (χ4v) is 2.16. The molecule has 0 aliphatic carbocycles. The molecule has 2 amide bonds. The van der Waals surface area contributed by atoms with Gasteiger partial charge in [-0.2, -0.15) is 23.4 Å². The normalized spacial score (nSPS) is 11.5. The molecule has 11 heteroatoms. The molecular weight excluding hydrogens is 341 g/mol. The molecule has 0 radical (unpaired) electrons. The van der Waals surface area contributed by atoms with E-state index >= 15 is 0 Å². The standard InChI is InChI=1S/C14H17F3N6O2/c1-5-23-11(13(25)21(2)3)8(7-18-23)19-12(24)9-6-10(14(15,16)17)20-22(9)4/h6-7H,5H2,1-4H3,(H,19,24). The third-order valence-electron chi connectivity index (χ3n) is 3.40. The second-order valence-electron chi connectivity index (χ2n) is 5.41. The van der Waals surface area contributed by atoms with Crippen molar-refractivity contribution >= 4 is 17.5 Å². The Labute approximate surface area is 141 Å². The number of alkyl halides is 3. The van der Waals surface area contributed by atoms with Gasteiger partial charge in [0.15, 0.2) is 5.69 Å². The van der Waals surface area contributed by atoms with Crippen LogP contribution in [0.3, 0.4) is 0 Å². The highest BCUT2D eigenvalue weighted by atomic mass is 19.4. The van der Waals surface area contributed by atoms with E-state index in [0.29, 0.717) is 12.6 Å². The average molecular weight is 358 g/mol. The minimum atomic E-state index is -4.66. The predicted molar refractivity (Wildman–Crippen MR) is 82.1 cm³/mol. The first-order valence-electron chi connectivity index (χ1n) is 7.26. The lowest BCUT2D eigenvalue weighted by Crippen LogP contribution is -2.27. The van der Waals surface area contributed by atoms with Gasteiger partial charge in [-0.3, -0.25) is 19.0 Å². The first-order chi connectivity index (χ1) is 11.6. The van der Waals surface area contributed by atoms with Crippen LogP contribution in [0.5, 0.6) is 0 Å². The number of hydrogen-bond acceptors (Lipinski definition) is 4. The highest BCUT2D eigenvalue weighted by molar-refractivity contribution is 6.07. The van der Waals surface area contributed by atoms with Crippen molar-refractivity contribution in [2.45, 2.75) is 19.6 Å². The van der Waals surface area contributed by atoms with Crippen molar-refractivity contribution < 1.29 is 22.8 Å². The molecule has 0 spiro atoms. The predicted octanol–water partition coefficient (Wildman–Crippen LogP) is 1.61. The van der Waals surface area contributed by atoms with E-state index in [1.54, 1.807) is 6.92 Å². The topological polar surface area (TPSA) is 85.0 Å². The maximum atomic E-state index is 12.7. The summed E-state index contributed by atoms with van der Waals surface area (Å²) in [5.41, 5.74) is -1.21. The molecule has 1 N–H and O–H groups in total. The number of aromatic nitrogens is 4. The lowest BCUT2D eigenvalue weighted by molar-refractivity contribution is -0.141. The number of hydrogen-bond donors (Lipinski definition) is 1. The number of carbonyl (C=O) groups excluding carboxylic acids is 2. The highest BCUT2D eigenvalue weighted by Crippen LogP contribution is 2.28. The lowest BCUT2D eigenvalue weighted by atomic mass is 10.3. The number of amides is 2. The summed E-state index contributed by atoms with van der Waals surface area (Å²) in [6, 6.07) is 0.646. The van der Waals surface area contributed by atoms with Gasteiger partial charge in [0, 0.05) is 33.8 Å². The fraction of sp³-hybridized carbons (Fsp3) is 0.429. The Morgan fingerprint density at radius 3 is 2.44 bits per heavy atom. The largest absolute Gasteiger partial charge is 0.435 e. The van der Waals surface area contributed by atoms with Crippen LogP contribution in [-0.2, 0) is 19.8 Å². The van der Waals surface area contributed by atoms with Crippen LogP contribution in [-0.4, -0.2) is 50.4 Å². The second-order valence-corrected chi connectivity index (χ2v) is 5.41. The van der Waals surface area contributed by atoms with Gasteiger partial charge < -0.3 is 10.2 Å². The Hall–Kier alpha value is -2.85. The molecule has 0 aliphatic rings. The number of carbonyl (C=O) groups is 2. The van der Waals surface area contributed by atoms with Gasteiger partial charge in [0.05, 0.1) is 11.9 Å². The van der Waals surface area contributed by atoms with Gasteiger partial charge in [0.1, 0.15) is 11.4 Å². The summed E-state index contributed by atoms with van der Waals surface area (Å²) in [6.45, 7) is 2.15. The number of halogens is 3. The first kappa shape index (κ1) is 18.5. The quantitative estimate of drug-likeness (QED) is 0.900. The van der Waals surface area contributed by atoms with Crippen LogP contribution in [0.2, 0.25) is 0 Å². The molecule has 0 bridgehead atoms. The minimum absolute atomic E-state index is 0.111. The fourth-order valence-electron chi connectivity index (χ4n) is 2.16. The zero-order valence-electron chi connectivity index (χ0n) is 14.0. The van der Waals surface area contributed by atoms with E-state index in [-0.39, 0.29) is 17.1 Å². The third-order valence-corrected chi connectivity index (χ3v) is 3.40. The van der Waals surface area contributed by atoms with E-state index < -0.39 is 23.7 Å². The van der Waals surface area contributed by atoms with Crippen molar-refractivity contribution in [3.8, 4) is 0 Å². The highest BCUT2D eigenvalue weighted by Gasteiger charge is 2.35. The number of rotatable bonds is 4. The Morgan fingerprint density at radius 2 is 1.96 bits per heavy atom. The molecule has 2 aromatic heterocycles. The van der Waals surface area contributed by atoms with Crippen molar-refractivity contribution in [3.63, 3.8) is 0 Å². The molecule has 2 heterocycles. The molecule has 2 aromatic rings. The number of nitrogens with zero attached hydrogens (tertiary/aromatic N) is 5. The average Bonchev–Trinajstić information content (AvgIpc) is 3.09. The smallest absolute Gasteiger partial charge is 0.343 e. The zero-order valence-corrected chi connectivity index (χ0v) is 14.0. The van der Waals surface area contributed by atoms with E-state index in [9.17, 15) is 22.8 Å². The third kappa shape index (κ3) is 3.64. The first-order valence-corrected chi connectivity index (χ1v) is 7.26. The summed E-state index contributed by atoms with van der Waals surface area (Å²) in [6.07, 6.45) is -3.38. The molecule has 0 aromatic carbocycles. The molecule has 0 saturated carbocycles. The van der Waals surface area contributed by atoms with Crippen LogP contribution in [0.25, 0.3) is 0 Å². The molecular formula is C14H17F3N6O2. The maximum absolute atomic E-state index is 12.7. The molecule has 0 aliphatic heterocycles. The molecule has 0 saturated heterocycles. The molecule has 0 fully saturated rings. The summed E-state index contributed by atoms with van der Waals surface area (Å²) in [5, 5.41) is 9.72. The molecule has 25 heavy (non-hydrogen) atoms. The Balaban J connectivity index is 2.35. The molecule has 2 rings (SSSR count). The van der Waals surface area contributed by atoms with Crippen molar-refractivity contribution in [3.05, 3.63) is 29.3 Å². The lowest BCUT2D eigenvalue weighted by Gasteiger charge is -2.13. The Bertz CT molecular complexity index is 806. The molecule has 0 unspecified atom stereocenters. The minimum Gasteiger partial charge on any atom is -0.343 e. The number of nitrogens with one attached hydrogen (secondary N) is 1. The van der Waals surface area contributed by atoms with Gasteiger partial charge in [-0.15, -0.1) is 0 Å². The van der Waals surface area contributed by atoms with Gasteiger partial charge in [-0.1, -0.05) is 0 Å². The summed E-state index contributed by atoms with van der Waals surface area (Å²) < 4.78 is 40.3. The van der Waals surface area contributed by atoms with Crippen molar-refractivity contribution in [2.75, 3.05) is 19.4 Å². The zero-order chi connectivity index (χ0) is 18.9. The van der Waals surface area contributed by atoms with Crippen LogP contribution in [0.1, 0.15) is 33.6 Å². The molecule has 0 atom stereocenters. The van der Waals surface area contributed by atoms with Crippen LogP contribution in [0.4, 0.5) is 18.9 Å². The van der Waals surface area contributed by atoms with E-state index in [1.165, 1.54) is 36.9 Å². The number of aryl methyl sites for hydroxylation is 2. The van der Waals surface area contributed by atoms with Crippen LogP contribution in [0.15, 0.2) is 12.3 Å².